The average Bonchev–Trinajstić information content (AvgIpc) is 3.30. The van der Waals surface area contributed by atoms with Crippen LogP contribution in [0.2, 0.25) is 0 Å². The molecule has 2 aromatic heterocycles. The van der Waals surface area contributed by atoms with Crippen molar-refractivity contribution in [1.29, 1.82) is 0 Å². The topological polar surface area (TPSA) is 94.0 Å². The van der Waals surface area contributed by atoms with Gasteiger partial charge in [0.15, 0.2) is 11.6 Å². The maximum Gasteiger partial charge on any atom is 0.261 e. The van der Waals surface area contributed by atoms with E-state index in [1.165, 1.54) is 6.07 Å². The highest BCUT2D eigenvalue weighted by atomic mass is 32.2. The molecule has 0 atom stereocenters. The van der Waals surface area contributed by atoms with Gasteiger partial charge in [-0.25, -0.2) is 13.8 Å². The Morgan fingerprint density at radius 2 is 1.97 bits per heavy atom. The molecule has 3 aromatic rings. The lowest BCUT2D eigenvalue weighted by molar-refractivity contribution is 0.310. The van der Waals surface area contributed by atoms with E-state index in [0.717, 1.165) is 35.9 Å². The number of anilines is 2. The summed E-state index contributed by atoms with van der Waals surface area (Å²) in [5.74, 6) is -0.394. The van der Waals surface area contributed by atoms with E-state index in [4.69, 9.17) is 5.73 Å². The standard InChI is InChI=1S/C19H20F2N6OS/c1-26-3-5-27(6-4-26)16-9(20)8-11-15(13(16)21)25-18(23-11)12-14(22)17-10(2-7-29-17)24-19(12)28/h8H,2-7H2,1H3,(H,23,25)(H3,22,24,28). The summed E-state index contributed by atoms with van der Waals surface area (Å²) in [6, 6.07) is 1.23. The van der Waals surface area contributed by atoms with Gasteiger partial charge in [-0.1, -0.05) is 0 Å². The minimum absolute atomic E-state index is 0.00211. The van der Waals surface area contributed by atoms with Crippen molar-refractivity contribution in [2.24, 2.45) is 0 Å². The summed E-state index contributed by atoms with van der Waals surface area (Å²) in [6.07, 6.45) is 0.744. The number of nitrogens with zero attached hydrogens (tertiary/aromatic N) is 3. The Morgan fingerprint density at radius 3 is 2.72 bits per heavy atom. The van der Waals surface area contributed by atoms with Crippen LogP contribution in [0.3, 0.4) is 0 Å². The monoisotopic (exact) mass is 418 g/mol. The molecule has 0 aliphatic carbocycles. The van der Waals surface area contributed by atoms with Crippen molar-refractivity contribution in [2.45, 2.75) is 11.3 Å². The number of piperazine rings is 1. The largest absolute Gasteiger partial charge is 0.397 e. The minimum Gasteiger partial charge on any atom is -0.397 e. The molecule has 7 nitrogen and oxygen atoms in total. The van der Waals surface area contributed by atoms with Crippen LogP contribution in [0.4, 0.5) is 20.2 Å². The predicted octanol–water partition coefficient (Wildman–Crippen LogP) is 2.18. The van der Waals surface area contributed by atoms with Crippen LogP contribution in [0.15, 0.2) is 15.8 Å². The summed E-state index contributed by atoms with van der Waals surface area (Å²) in [6.45, 7) is 2.51. The molecular weight excluding hydrogens is 398 g/mol. The molecule has 10 heteroatoms. The Bertz CT molecular complexity index is 1180. The highest BCUT2D eigenvalue weighted by Gasteiger charge is 2.27. The van der Waals surface area contributed by atoms with Gasteiger partial charge >= 0.3 is 0 Å². The van der Waals surface area contributed by atoms with Gasteiger partial charge < -0.3 is 25.5 Å². The number of hydrogen-bond donors (Lipinski definition) is 3. The molecular formula is C19H20F2N6OS. The lowest BCUT2D eigenvalue weighted by Gasteiger charge is -2.34. The smallest absolute Gasteiger partial charge is 0.261 e. The van der Waals surface area contributed by atoms with Crippen molar-refractivity contribution in [3.05, 3.63) is 33.7 Å². The van der Waals surface area contributed by atoms with E-state index in [1.54, 1.807) is 16.7 Å². The summed E-state index contributed by atoms with van der Waals surface area (Å²) in [5, 5.41) is 0. The minimum atomic E-state index is -0.724. The first-order valence-electron chi connectivity index (χ1n) is 9.43. The number of thioether (sulfide) groups is 1. The fourth-order valence-electron chi connectivity index (χ4n) is 3.99. The van der Waals surface area contributed by atoms with Gasteiger partial charge in [-0.15, -0.1) is 11.8 Å². The first kappa shape index (κ1) is 18.4. The number of nitrogen functional groups attached to an aromatic ring is 1. The Balaban J connectivity index is 1.64. The van der Waals surface area contributed by atoms with Gasteiger partial charge in [0.25, 0.3) is 5.56 Å². The molecule has 0 unspecified atom stereocenters. The number of nitrogens with one attached hydrogen (secondary N) is 2. The molecule has 0 radical (unpaired) electrons. The van der Waals surface area contributed by atoms with Crippen molar-refractivity contribution in [2.75, 3.05) is 49.6 Å². The molecule has 1 aromatic carbocycles. The second-order valence-electron chi connectivity index (χ2n) is 7.44. The first-order chi connectivity index (χ1) is 13.9. The van der Waals surface area contributed by atoms with Crippen LogP contribution in [0.5, 0.6) is 0 Å². The number of hydrogen-bond acceptors (Lipinski definition) is 6. The van der Waals surface area contributed by atoms with Gasteiger partial charge in [-0.2, -0.15) is 0 Å². The number of fused-ring (bicyclic) bond motifs is 2. The molecule has 1 fully saturated rings. The second-order valence-corrected chi connectivity index (χ2v) is 8.55. The van der Waals surface area contributed by atoms with Crippen molar-refractivity contribution in [3.63, 3.8) is 0 Å². The van der Waals surface area contributed by atoms with Crippen LogP contribution >= 0.6 is 11.8 Å². The number of benzene rings is 1. The van der Waals surface area contributed by atoms with Gasteiger partial charge in [-0.3, -0.25) is 4.79 Å². The predicted molar refractivity (Wildman–Crippen MR) is 111 cm³/mol. The van der Waals surface area contributed by atoms with Crippen molar-refractivity contribution < 1.29 is 8.78 Å². The SMILES string of the molecule is CN1CCN(c2c(F)cc3[nH]c(-c4c(N)c5c([nH]c4=O)CCS5)nc3c2F)CC1. The van der Waals surface area contributed by atoms with Gasteiger partial charge in [0.05, 0.1) is 16.1 Å². The molecule has 4 N–H and O–H groups in total. The Morgan fingerprint density at radius 1 is 1.21 bits per heavy atom. The summed E-state index contributed by atoms with van der Waals surface area (Å²) >= 11 is 1.56. The third kappa shape index (κ3) is 2.89. The number of nitrogens with two attached hydrogens (primary N) is 1. The van der Waals surface area contributed by atoms with Crippen LogP contribution in [0.1, 0.15) is 5.69 Å². The molecule has 0 amide bonds. The first-order valence-corrected chi connectivity index (χ1v) is 10.4. The van der Waals surface area contributed by atoms with Crippen molar-refractivity contribution >= 4 is 34.2 Å². The quantitative estimate of drug-likeness (QED) is 0.591. The number of H-pyrrole nitrogens is 2. The van der Waals surface area contributed by atoms with Gasteiger partial charge in [0.2, 0.25) is 0 Å². The lowest BCUT2D eigenvalue weighted by atomic mass is 10.2. The number of halogens is 2. The van der Waals surface area contributed by atoms with E-state index >= 15 is 4.39 Å². The average molecular weight is 418 g/mol. The molecule has 0 saturated carbocycles. The maximum atomic E-state index is 15.3. The number of aromatic nitrogens is 3. The van der Waals surface area contributed by atoms with Gasteiger partial charge in [0.1, 0.15) is 22.6 Å². The number of likely N-dealkylation sites (N-methyl/N-ethyl adjacent to an activating group) is 1. The number of aryl methyl sites for hydroxylation is 1. The summed E-state index contributed by atoms with van der Waals surface area (Å²) in [7, 11) is 1.98. The van der Waals surface area contributed by atoms with Crippen molar-refractivity contribution in [3.8, 4) is 11.4 Å². The molecule has 0 spiro atoms. The van der Waals surface area contributed by atoms with E-state index in [0.29, 0.717) is 18.8 Å². The fraction of sp³-hybridized carbons (Fsp3) is 0.368. The van der Waals surface area contributed by atoms with Crippen LogP contribution in [-0.4, -0.2) is 58.8 Å². The third-order valence-electron chi connectivity index (χ3n) is 5.58. The van der Waals surface area contributed by atoms with E-state index in [9.17, 15) is 9.18 Å². The highest BCUT2D eigenvalue weighted by molar-refractivity contribution is 7.99. The summed E-state index contributed by atoms with van der Waals surface area (Å²) in [4.78, 5) is 27.2. The summed E-state index contributed by atoms with van der Waals surface area (Å²) in [5.41, 5.74) is 7.27. The van der Waals surface area contributed by atoms with Crippen molar-refractivity contribution in [1.82, 2.24) is 19.9 Å². The number of rotatable bonds is 2. The zero-order valence-electron chi connectivity index (χ0n) is 15.8. The van der Waals surface area contributed by atoms with Gasteiger partial charge in [-0.05, 0) is 13.5 Å². The highest BCUT2D eigenvalue weighted by Crippen LogP contribution is 2.38. The number of imidazole rings is 1. The molecule has 1 saturated heterocycles. The number of aromatic amines is 2. The fourth-order valence-corrected chi connectivity index (χ4v) is 5.09. The van der Waals surface area contributed by atoms with E-state index < -0.39 is 11.6 Å². The van der Waals surface area contributed by atoms with Gasteiger partial charge in [0, 0.05) is 43.7 Å². The van der Waals surface area contributed by atoms with Crippen LogP contribution in [0, 0.1) is 11.6 Å². The molecule has 4 heterocycles. The van der Waals surface area contributed by atoms with E-state index in [1.807, 2.05) is 7.05 Å². The summed E-state index contributed by atoms with van der Waals surface area (Å²) < 4.78 is 30.0. The molecule has 0 bridgehead atoms. The third-order valence-corrected chi connectivity index (χ3v) is 6.74. The number of pyridine rings is 1. The maximum absolute atomic E-state index is 15.3. The Labute approximate surface area is 169 Å². The normalized spacial score (nSPS) is 17.3. The van der Waals surface area contributed by atoms with Crippen LogP contribution in [0.25, 0.3) is 22.4 Å². The zero-order chi connectivity index (χ0) is 20.3. The van der Waals surface area contributed by atoms with Crippen LogP contribution < -0.4 is 16.2 Å². The van der Waals surface area contributed by atoms with E-state index in [2.05, 4.69) is 19.9 Å². The van der Waals surface area contributed by atoms with E-state index in [-0.39, 0.29) is 33.7 Å². The molecule has 2 aliphatic heterocycles. The van der Waals surface area contributed by atoms with Crippen LogP contribution in [-0.2, 0) is 6.42 Å². The Hall–Kier alpha value is -2.59. The molecule has 2 aliphatic rings. The molecule has 29 heavy (non-hydrogen) atoms. The zero-order valence-corrected chi connectivity index (χ0v) is 16.6. The Kier molecular flexibility index (Phi) is 4.28. The second kappa shape index (κ2) is 6.74. The molecule has 152 valence electrons. The molecule has 5 rings (SSSR count). The lowest BCUT2D eigenvalue weighted by Crippen LogP contribution is -2.45.